The molecule has 0 unspecified atom stereocenters. The molecule has 0 aliphatic carbocycles. The highest BCUT2D eigenvalue weighted by atomic mass is 16.5. The summed E-state index contributed by atoms with van der Waals surface area (Å²) in [5, 5.41) is 15.6. The molecule has 0 atom stereocenters. The molecule has 0 aromatic heterocycles. The fraction of sp³-hybridized carbons (Fsp3) is 0.312. The topological polar surface area (TPSA) is 87.1 Å². The van der Waals surface area contributed by atoms with E-state index in [1.54, 1.807) is 0 Å². The lowest BCUT2D eigenvalue weighted by molar-refractivity contribution is -0.134. The van der Waals surface area contributed by atoms with Gasteiger partial charge in [-0.2, -0.15) is 0 Å². The van der Waals surface area contributed by atoms with Gasteiger partial charge in [0, 0.05) is 18.1 Å². The minimum Gasteiger partial charge on any atom is -0.494 e. The number of piperidine rings is 1. The lowest BCUT2D eigenvalue weighted by atomic mass is 9.76. The number of benzene rings is 3. The van der Waals surface area contributed by atoms with Crippen molar-refractivity contribution >= 4 is 11.9 Å². The average Bonchev–Trinajstić information content (AvgIpc) is 2.95. The highest BCUT2D eigenvalue weighted by Gasteiger charge is 2.28. The van der Waals surface area contributed by atoms with Gasteiger partial charge in [-0.1, -0.05) is 78.9 Å². The van der Waals surface area contributed by atoms with Gasteiger partial charge >= 0.3 is 11.9 Å². The molecule has 1 saturated heterocycles. The number of likely N-dealkylation sites (tertiary alicyclic amines) is 1. The van der Waals surface area contributed by atoms with E-state index < -0.39 is 11.9 Å². The first-order valence-electron chi connectivity index (χ1n) is 13.2. The molecule has 2 N–H and O–H groups in total. The Morgan fingerprint density at radius 1 is 0.763 bits per heavy atom. The Bertz CT molecular complexity index is 1050. The zero-order valence-corrected chi connectivity index (χ0v) is 21.7. The predicted molar refractivity (Wildman–Crippen MR) is 149 cm³/mol. The quantitative estimate of drug-likeness (QED) is 0.237. The van der Waals surface area contributed by atoms with Crippen LogP contribution in [0.5, 0.6) is 5.75 Å². The van der Waals surface area contributed by atoms with E-state index in [0.29, 0.717) is 24.0 Å². The van der Waals surface area contributed by atoms with Gasteiger partial charge in [0.2, 0.25) is 0 Å². The second-order valence-electron chi connectivity index (χ2n) is 9.36. The van der Waals surface area contributed by atoms with Crippen molar-refractivity contribution in [3.8, 4) is 5.75 Å². The van der Waals surface area contributed by atoms with Crippen molar-refractivity contribution in [1.82, 2.24) is 4.90 Å². The third-order valence-electron chi connectivity index (χ3n) is 6.67. The van der Waals surface area contributed by atoms with Gasteiger partial charge in [-0.25, -0.2) is 9.59 Å². The fourth-order valence-corrected chi connectivity index (χ4v) is 4.85. The molecule has 0 saturated carbocycles. The van der Waals surface area contributed by atoms with Crippen LogP contribution in [-0.2, 0) is 9.59 Å². The van der Waals surface area contributed by atoms with Crippen LogP contribution in [0.4, 0.5) is 0 Å². The summed E-state index contributed by atoms with van der Waals surface area (Å²) < 4.78 is 5.82. The number of hydrogen-bond acceptors (Lipinski definition) is 4. The van der Waals surface area contributed by atoms with E-state index in [1.165, 1.54) is 50.0 Å². The van der Waals surface area contributed by atoms with E-state index in [-0.39, 0.29) is 0 Å². The summed E-state index contributed by atoms with van der Waals surface area (Å²) in [6.45, 7) is 4.41. The monoisotopic (exact) mass is 515 g/mol. The summed E-state index contributed by atoms with van der Waals surface area (Å²) >= 11 is 0. The van der Waals surface area contributed by atoms with E-state index >= 15 is 0 Å². The van der Waals surface area contributed by atoms with Crippen molar-refractivity contribution in [2.24, 2.45) is 5.92 Å². The van der Waals surface area contributed by atoms with Crippen LogP contribution < -0.4 is 4.74 Å². The predicted octanol–water partition coefficient (Wildman–Crippen LogP) is 6.10. The van der Waals surface area contributed by atoms with Crippen LogP contribution in [0.1, 0.15) is 42.7 Å². The van der Waals surface area contributed by atoms with E-state index in [4.69, 9.17) is 14.9 Å². The highest BCUT2D eigenvalue weighted by Crippen LogP contribution is 2.37. The standard InChI is InChI=1S/C28H33NO.C4H4O4/c1-4-12-24(13-5-1)28(25-14-6-2-7-15-25)26-18-21-29(22-19-26)20-10-11-23-30-27-16-8-3-9-17-27;5-3(6)1-2-4(7)8/h1-9,12-17,26,28H,10-11,18-23H2;1-2H,(H,5,6)(H,7,8). The van der Waals surface area contributed by atoms with E-state index in [9.17, 15) is 9.59 Å². The Kier molecular flexibility index (Phi) is 12.1. The molecule has 200 valence electrons. The van der Waals surface area contributed by atoms with E-state index in [2.05, 4.69) is 65.6 Å². The van der Waals surface area contributed by atoms with Crippen LogP contribution in [0.25, 0.3) is 0 Å². The van der Waals surface area contributed by atoms with Crippen molar-refractivity contribution in [2.45, 2.75) is 31.6 Å². The average molecular weight is 516 g/mol. The maximum atomic E-state index is 9.55. The first kappa shape index (κ1) is 28.7. The zero-order chi connectivity index (χ0) is 27.0. The molecule has 4 rings (SSSR count). The third kappa shape index (κ3) is 10.2. The second-order valence-corrected chi connectivity index (χ2v) is 9.36. The van der Waals surface area contributed by atoms with Gasteiger partial charge in [-0.15, -0.1) is 0 Å². The number of unbranched alkanes of at least 4 members (excludes halogenated alkanes) is 1. The molecule has 1 aliphatic heterocycles. The van der Waals surface area contributed by atoms with Gasteiger partial charge < -0.3 is 19.8 Å². The summed E-state index contributed by atoms with van der Waals surface area (Å²) in [4.78, 5) is 21.8. The number of carbonyl (C=O) groups is 2. The van der Waals surface area contributed by atoms with Gasteiger partial charge in [0.15, 0.2) is 0 Å². The van der Waals surface area contributed by atoms with Crippen LogP contribution in [-0.4, -0.2) is 53.3 Å². The molecule has 1 heterocycles. The number of nitrogens with zero attached hydrogens (tertiary/aromatic N) is 1. The maximum Gasteiger partial charge on any atom is 0.328 e. The number of rotatable bonds is 11. The number of carboxylic acids is 2. The Morgan fingerprint density at radius 3 is 1.71 bits per heavy atom. The van der Waals surface area contributed by atoms with Crippen molar-refractivity contribution in [3.05, 3.63) is 114 Å². The second kappa shape index (κ2) is 16.0. The molecule has 38 heavy (non-hydrogen) atoms. The fourth-order valence-electron chi connectivity index (χ4n) is 4.85. The molecule has 3 aromatic carbocycles. The molecule has 6 heteroatoms. The minimum atomic E-state index is -1.26. The molecule has 0 amide bonds. The Morgan fingerprint density at radius 2 is 1.24 bits per heavy atom. The number of ether oxygens (including phenoxy) is 1. The Balaban J connectivity index is 0.000000436. The van der Waals surface area contributed by atoms with Crippen LogP contribution in [0.15, 0.2) is 103 Å². The van der Waals surface area contributed by atoms with Crippen LogP contribution >= 0.6 is 0 Å². The van der Waals surface area contributed by atoms with E-state index in [0.717, 1.165) is 18.8 Å². The number of aliphatic carboxylic acids is 2. The van der Waals surface area contributed by atoms with Gasteiger partial charge in [0.25, 0.3) is 0 Å². The molecule has 1 fully saturated rings. The first-order valence-corrected chi connectivity index (χ1v) is 13.2. The SMILES string of the molecule is O=C(O)C=CC(=O)O.c1ccc(OCCCCN2CCC(C(c3ccccc3)c3ccccc3)CC2)cc1. The number of carboxylic acid groups (broad SMARTS) is 2. The zero-order valence-electron chi connectivity index (χ0n) is 21.7. The lowest BCUT2D eigenvalue weighted by Gasteiger charge is -2.36. The molecular weight excluding hydrogens is 478 g/mol. The third-order valence-corrected chi connectivity index (χ3v) is 6.67. The van der Waals surface area contributed by atoms with Crippen molar-refractivity contribution in [1.29, 1.82) is 0 Å². The molecule has 0 radical (unpaired) electrons. The van der Waals surface area contributed by atoms with E-state index in [1.807, 2.05) is 30.3 Å². The van der Waals surface area contributed by atoms with Crippen LogP contribution in [0.3, 0.4) is 0 Å². The summed E-state index contributed by atoms with van der Waals surface area (Å²) in [6, 6.07) is 32.3. The van der Waals surface area contributed by atoms with Crippen molar-refractivity contribution in [3.63, 3.8) is 0 Å². The molecular formula is C32H37NO5. The Labute approximate surface area is 225 Å². The van der Waals surface area contributed by atoms with Crippen LogP contribution in [0, 0.1) is 5.92 Å². The Hall–Kier alpha value is -3.90. The van der Waals surface area contributed by atoms with Crippen LogP contribution in [0.2, 0.25) is 0 Å². The summed E-state index contributed by atoms with van der Waals surface area (Å²) in [5.74, 6) is -0.313. The van der Waals surface area contributed by atoms with Crippen molar-refractivity contribution in [2.75, 3.05) is 26.2 Å². The summed E-state index contributed by atoms with van der Waals surface area (Å²) in [7, 11) is 0. The van der Waals surface area contributed by atoms with Gasteiger partial charge in [0.1, 0.15) is 5.75 Å². The number of para-hydroxylation sites is 1. The molecule has 0 spiro atoms. The molecule has 6 nitrogen and oxygen atoms in total. The van der Waals surface area contributed by atoms with Crippen molar-refractivity contribution < 1.29 is 24.5 Å². The molecule has 3 aromatic rings. The van der Waals surface area contributed by atoms with Gasteiger partial charge in [0.05, 0.1) is 6.61 Å². The summed E-state index contributed by atoms with van der Waals surface area (Å²) in [5.41, 5.74) is 2.92. The number of hydrogen-bond donors (Lipinski definition) is 2. The first-order chi connectivity index (χ1) is 18.5. The maximum absolute atomic E-state index is 9.55. The lowest BCUT2D eigenvalue weighted by Crippen LogP contribution is -2.36. The van der Waals surface area contributed by atoms with Gasteiger partial charge in [-0.05, 0) is 74.5 Å². The highest BCUT2D eigenvalue weighted by molar-refractivity contribution is 5.89. The molecule has 1 aliphatic rings. The normalized spacial score (nSPS) is 14.1. The van der Waals surface area contributed by atoms with Gasteiger partial charge in [-0.3, -0.25) is 0 Å². The summed E-state index contributed by atoms with van der Waals surface area (Å²) in [6.07, 6.45) is 5.98. The minimum absolute atomic E-state index is 0.508. The smallest absolute Gasteiger partial charge is 0.328 e. The largest absolute Gasteiger partial charge is 0.494 e. The molecule has 0 bridgehead atoms.